The zero-order valence-electron chi connectivity index (χ0n) is 10.8. The number of hydrogen-bond donors (Lipinski definition) is 1. The van der Waals surface area contributed by atoms with Gasteiger partial charge in [0.05, 0.1) is 12.2 Å². The van der Waals surface area contributed by atoms with Crippen LogP contribution >= 0.6 is 11.6 Å². The van der Waals surface area contributed by atoms with Crippen molar-refractivity contribution in [3.63, 3.8) is 0 Å². The average molecular weight is 279 g/mol. The van der Waals surface area contributed by atoms with Crippen molar-refractivity contribution in [3.8, 4) is 0 Å². The molecule has 100 valence electrons. The highest BCUT2D eigenvalue weighted by Crippen LogP contribution is 2.20. The van der Waals surface area contributed by atoms with Crippen molar-refractivity contribution < 1.29 is 9.90 Å². The predicted octanol–water partition coefficient (Wildman–Crippen LogP) is 3.41. The summed E-state index contributed by atoms with van der Waals surface area (Å²) in [6.45, 7) is 4.32. The van der Waals surface area contributed by atoms with E-state index in [0.717, 1.165) is 5.56 Å². The highest BCUT2D eigenvalue weighted by atomic mass is 35.5. The van der Waals surface area contributed by atoms with Crippen LogP contribution in [0.4, 0.5) is 0 Å². The molecule has 19 heavy (non-hydrogen) atoms. The molecule has 1 N–H and O–H groups in total. The van der Waals surface area contributed by atoms with Crippen molar-refractivity contribution in [1.29, 1.82) is 0 Å². The van der Waals surface area contributed by atoms with Crippen LogP contribution in [0.25, 0.3) is 0 Å². The fourth-order valence-electron chi connectivity index (χ4n) is 1.91. The zero-order chi connectivity index (χ0) is 14.0. The number of carboxylic acid groups (broad SMARTS) is 1. The quantitative estimate of drug-likeness (QED) is 0.932. The number of carboxylic acids is 1. The van der Waals surface area contributed by atoms with Crippen LogP contribution in [-0.2, 0) is 6.54 Å². The van der Waals surface area contributed by atoms with Gasteiger partial charge in [-0.25, -0.2) is 4.79 Å². The second-order valence-corrected chi connectivity index (χ2v) is 5.08. The van der Waals surface area contributed by atoms with Gasteiger partial charge in [0.15, 0.2) is 0 Å². The van der Waals surface area contributed by atoms with E-state index in [2.05, 4.69) is 5.10 Å². The van der Waals surface area contributed by atoms with Crippen molar-refractivity contribution in [3.05, 3.63) is 52.3 Å². The molecule has 2 rings (SSSR count). The van der Waals surface area contributed by atoms with Crippen LogP contribution in [0.3, 0.4) is 0 Å². The molecule has 0 saturated carbocycles. The van der Waals surface area contributed by atoms with Crippen molar-refractivity contribution >= 4 is 17.6 Å². The van der Waals surface area contributed by atoms with E-state index >= 15 is 0 Å². The summed E-state index contributed by atoms with van der Waals surface area (Å²) < 4.78 is 1.62. The molecule has 0 aliphatic rings. The molecule has 0 spiro atoms. The van der Waals surface area contributed by atoms with Crippen LogP contribution in [0.1, 0.15) is 41.4 Å². The molecule has 1 aromatic carbocycles. The fourth-order valence-corrected chi connectivity index (χ4v) is 2.11. The minimum atomic E-state index is -0.950. The van der Waals surface area contributed by atoms with Gasteiger partial charge < -0.3 is 5.11 Å². The molecule has 5 heteroatoms. The van der Waals surface area contributed by atoms with Crippen molar-refractivity contribution in [2.45, 2.75) is 26.3 Å². The number of nitrogens with zero attached hydrogens (tertiary/aromatic N) is 2. The molecule has 2 aromatic rings. The van der Waals surface area contributed by atoms with Gasteiger partial charge in [-0.15, -0.1) is 0 Å². The number of benzene rings is 1. The minimum Gasteiger partial charge on any atom is -0.478 e. The third-order valence-electron chi connectivity index (χ3n) is 2.86. The van der Waals surface area contributed by atoms with Crippen LogP contribution in [0, 0.1) is 0 Å². The van der Waals surface area contributed by atoms with Crippen LogP contribution in [0.15, 0.2) is 30.5 Å². The molecule has 0 atom stereocenters. The summed E-state index contributed by atoms with van der Waals surface area (Å²) in [5, 5.41) is 14.2. The normalized spacial score (nSPS) is 10.9. The Morgan fingerprint density at radius 3 is 2.63 bits per heavy atom. The zero-order valence-corrected chi connectivity index (χ0v) is 11.6. The summed E-state index contributed by atoms with van der Waals surface area (Å²) >= 11 is 6.09. The molecule has 1 aromatic heterocycles. The van der Waals surface area contributed by atoms with Gasteiger partial charge in [-0.05, 0) is 17.5 Å². The SMILES string of the molecule is CC(C)c1nn(Cc2ccccc2Cl)cc1C(=O)O. The lowest BCUT2D eigenvalue weighted by Gasteiger charge is -2.04. The fraction of sp³-hybridized carbons (Fsp3) is 0.286. The topological polar surface area (TPSA) is 55.1 Å². The van der Waals surface area contributed by atoms with E-state index < -0.39 is 5.97 Å². The first-order valence-electron chi connectivity index (χ1n) is 6.03. The van der Waals surface area contributed by atoms with Gasteiger partial charge in [0, 0.05) is 11.2 Å². The summed E-state index contributed by atoms with van der Waals surface area (Å²) in [5.41, 5.74) is 1.76. The maximum atomic E-state index is 11.2. The van der Waals surface area contributed by atoms with Gasteiger partial charge >= 0.3 is 5.97 Å². The van der Waals surface area contributed by atoms with Crippen LogP contribution in [0.2, 0.25) is 5.02 Å². The molecule has 4 nitrogen and oxygen atoms in total. The van der Waals surface area contributed by atoms with E-state index in [1.807, 2.05) is 38.1 Å². The summed E-state index contributed by atoms with van der Waals surface area (Å²) in [4.78, 5) is 11.2. The third-order valence-corrected chi connectivity index (χ3v) is 3.23. The number of aromatic nitrogens is 2. The largest absolute Gasteiger partial charge is 0.478 e. The molecule has 0 saturated heterocycles. The first-order valence-corrected chi connectivity index (χ1v) is 6.41. The van der Waals surface area contributed by atoms with Crippen molar-refractivity contribution in [2.24, 2.45) is 0 Å². The Labute approximate surface area is 116 Å². The van der Waals surface area contributed by atoms with E-state index in [1.54, 1.807) is 10.9 Å². The van der Waals surface area contributed by atoms with Crippen molar-refractivity contribution in [1.82, 2.24) is 9.78 Å². The summed E-state index contributed by atoms with van der Waals surface area (Å²) in [5.74, 6) is -0.882. The Hall–Kier alpha value is -1.81. The molecule has 0 aliphatic carbocycles. The average Bonchev–Trinajstić information content (AvgIpc) is 2.76. The van der Waals surface area contributed by atoms with Gasteiger partial charge in [0.2, 0.25) is 0 Å². The second-order valence-electron chi connectivity index (χ2n) is 4.68. The first kappa shape index (κ1) is 13.6. The maximum Gasteiger partial charge on any atom is 0.339 e. The molecular formula is C14H15ClN2O2. The first-order chi connectivity index (χ1) is 8.99. The molecule has 1 heterocycles. The number of aromatic carboxylic acids is 1. The molecular weight excluding hydrogens is 264 g/mol. The predicted molar refractivity (Wildman–Crippen MR) is 73.8 cm³/mol. The Morgan fingerprint density at radius 1 is 1.42 bits per heavy atom. The van der Waals surface area contributed by atoms with Crippen LogP contribution in [-0.4, -0.2) is 20.9 Å². The number of carbonyl (C=O) groups is 1. The molecule has 0 amide bonds. The monoisotopic (exact) mass is 278 g/mol. The number of halogens is 1. The number of hydrogen-bond acceptors (Lipinski definition) is 2. The number of rotatable bonds is 4. The van der Waals surface area contributed by atoms with E-state index in [-0.39, 0.29) is 11.5 Å². The summed E-state index contributed by atoms with van der Waals surface area (Å²) in [7, 11) is 0. The standard InChI is InChI=1S/C14H15ClN2O2/c1-9(2)13-11(14(18)19)8-17(16-13)7-10-5-3-4-6-12(10)15/h3-6,8-9H,7H2,1-2H3,(H,18,19). The van der Waals surface area contributed by atoms with Crippen molar-refractivity contribution in [2.75, 3.05) is 0 Å². The van der Waals surface area contributed by atoms with Gasteiger partial charge in [-0.3, -0.25) is 4.68 Å². The third kappa shape index (κ3) is 2.96. The van der Waals surface area contributed by atoms with Gasteiger partial charge in [0.25, 0.3) is 0 Å². The van der Waals surface area contributed by atoms with E-state index in [1.165, 1.54) is 0 Å². The Morgan fingerprint density at radius 2 is 2.11 bits per heavy atom. The molecule has 0 aliphatic heterocycles. The highest BCUT2D eigenvalue weighted by molar-refractivity contribution is 6.31. The van der Waals surface area contributed by atoms with Gasteiger partial charge in [-0.1, -0.05) is 43.6 Å². The Balaban J connectivity index is 2.34. The molecule has 0 bridgehead atoms. The molecule has 0 unspecified atom stereocenters. The lowest BCUT2D eigenvalue weighted by Crippen LogP contribution is -2.02. The Bertz CT molecular complexity index is 605. The summed E-state index contributed by atoms with van der Waals surface area (Å²) in [6, 6.07) is 7.46. The van der Waals surface area contributed by atoms with Crippen LogP contribution < -0.4 is 0 Å². The maximum absolute atomic E-state index is 11.2. The van der Waals surface area contributed by atoms with E-state index in [0.29, 0.717) is 17.3 Å². The second kappa shape index (κ2) is 5.45. The molecule has 0 radical (unpaired) electrons. The minimum absolute atomic E-state index is 0.0681. The lowest BCUT2D eigenvalue weighted by atomic mass is 10.1. The smallest absolute Gasteiger partial charge is 0.339 e. The highest BCUT2D eigenvalue weighted by Gasteiger charge is 2.18. The van der Waals surface area contributed by atoms with Gasteiger partial charge in [-0.2, -0.15) is 5.10 Å². The summed E-state index contributed by atoms with van der Waals surface area (Å²) in [6.07, 6.45) is 1.56. The lowest BCUT2D eigenvalue weighted by molar-refractivity contribution is 0.0695. The van der Waals surface area contributed by atoms with E-state index in [9.17, 15) is 4.79 Å². The molecule has 0 fully saturated rings. The van der Waals surface area contributed by atoms with E-state index in [4.69, 9.17) is 16.7 Å². The Kier molecular flexibility index (Phi) is 3.90. The van der Waals surface area contributed by atoms with Gasteiger partial charge in [0.1, 0.15) is 5.56 Å². The van der Waals surface area contributed by atoms with Crippen LogP contribution in [0.5, 0.6) is 0 Å².